The minimum Gasteiger partial charge on any atom is -0.306 e. The predicted octanol–water partition coefficient (Wildman–Crippen LogP) is 5.03. The number of rotatable bonds is 11. The van der Waals surface area contributed by atoms with Crippen LogP contribution in [0.3, 0.4) is 0 Å². The lowest BCUT2D eigenvalue weighted by Gasteiger charge is -2.43. The third kappa shape index (κ3) is 8.52. The molecule has 0 spiro atoms. The molecule has 1 aliphatic carbocycles. The van der Waals surface area contributed by atoms with E-state index in [0.29, 0.717) is 11.2 Å². The molecule has 196 valence electrons. The van der Waals surface area contributed by atoms with Crippen LogP contribution < -0.4 is 21.3 Å². The van der Waals surface area contributed by atoms with E-state index in [1.54, 1.807) is 0 Å². The summed E-state index contributed by atoms with van der Waals surface area (Å²) in [6.07, 6.45) is 15.5. The summed E-state index contributed by atoms with van der Waals surface area (Å²) in [6, 6.07) is 0. The van der Waals surface area contributed by atoms with Crippen molar-refractivity contribution in [1.82, 2.24) is 26.2 Å². The average Bonchev–Trinajstić information content (AvgIpc) is 3.52. The van der Waals surface area contributed by atoms with Crippen LogP contribution >= 0.6 is 46.9 Å². The summed E-state index contributed by atoms with van der Waals surface area (Å²) in [5.74, 6) is 1.78. The molecule has 0 aromatic rings. The van der Waals surface area contributed by atoms with Crippen LogP contribution in [0.5, 0.6) is 0 Å². The lowest BCUT2D eigenvalue weighted by Crippen LogP contribution is -2.72. The van der Waals surface area contributed by atoms with Crippen molar-refractivity contribution in [2.24, 2.45) is 10.9 Å². The van der Waals surface area contributed by atoms with Crippen LogP contribution in [0, 0.1) is 5.92 Å². The molecule has 0 aromatic carbocycles. The molecule has 2 fully saturated rings. The van der Waals surface area contributed by atoms with Crippen molar-refractivity contribution in [2.75, 3.05) is 25.9 Å². The first-order valence-electron chi connectivity index (χ1n) is 13.0. The maximum absolute atomic E-state index is 6.34. The van der Waals surface area contributed by atoms with Crippen molar-refractivity contribution in [2.45, 2.75) is 81.1 Å². The first-order valence-corrected chi connectivity index (χ1v) is 16.2. The number of hydrogen-bond donors (Lipinski definition) is 4. The van der Waals surface area contributed by atoms with E-state index < -0.39 is 0 Å². The minimum atomic E-state index is -0.0185. The number of halogens is 1. The summed E-state index contributed by atoms with van der Waals surface area (Å²) < 4.78 is 0. The lowest BCUT2D eigenvalue weighted by atomic mass is 9.97. The molecule has 0 radical (unpaired) electrons. The summed E-state index contributed by atoms with van der Waals surface area (Å²) in [5, 5.41) is 16.4. The maximum atomic E-state index is 6.34. The zero-order valence-corrected chi connectivity index (χ0v) is 24.3. The van der Waals surface area contributed by atoms with Gasteiger partial charge in [-0.1, -0.05) is 55.8 Å². The van der Waals surface area contributed by atoms with Gasteiger partial charge in [0.2, 0.25) is 0 Å². The fraction of sp³-hybridized carbons (Fsp3) is 0.720. The first-order chi connectivity index (χ1) is 17.0. The van der Waals surface area contributed by atoms with Gasteiger partial charge in [-0.15, -0.1) is 23.5 Å². The molecule has 3 heterocycles. The van der Waals surface area contributed by atoms with Gasteiger partial charge in [0, 0.05) is 26.3 Å². The zero-order chi connectivity index (χ0) is 24.6. The van der Waals surface area contributed by atoms with Crippen molar-refractivity contribution in [3.05, 3.63) is 33.1 Å². The average molecular weight is 557 g/mol. The summed E-state index contributed by atoms with van der Waals surface area (Å²) in [6.45, 7) is 6.84. The Labute approximate surface area is 229 Å². The molecule has 6 atom stereocenters. The summed E-state index contributed by atoms with van der Waals surface area (Å²) in [7, 11) is 2.24. The number of allylic oxidation sites excluding steroid dienone is 5. The van der Waals surface area contributed by atoms with Crippen LogP contribution in [-0.4, -0.2) is 65.7 Å². The molecule has 4 aliphatic rings. The van der Waals surface area contributed by atoms with Crippen molar-refractivity contribution in [3.63, 3.8) is 0 Å². The Morgan fingerprint density at radius 2 is 2.17 bits per heavy atom. The number of aliphatic imine (C=N–C) groups is 1. The largest absolute Gasteiger partial charge is 0.306 e. The van der Waals surface area contributed by atoms with E-state index in [-0.39, 0.29) is 23.5 Å². The number of hydrogen-bond acceptors (Lipinski definition) is 9. The Bertz CT molecular complexity index is 811. The number of thioether (sulfide) groups is 3. The zero-order valence-electron chi connectivity index (χ0n) is 21.1. The van der Waals surface area contributed by atoms with Gasteiger partial charge in [0.15, 0.2) is 5.50 Å². The van der Waals surface area contributed by atoms with Gasteiger partial charge in [0.1, 0.15) is 11.8 Å². The topological polar surface area (TPSA) is 63.7 Å². The lowest BCUT2D eigenvalue weighted by molar-refractivity contribution is 0.148. The van der Waals surface area contributed by atoms with Gasteiger partial charge in [-0.25, -0.2) is 0 Å². The van der Waals surface area contributed by atoms with Crippen LogP contribution in [0.15, 0.2) is 38.1 Å². The Morgan fingerprint density at radius 3 is 2.91 bits per heavy atom. The highest BCUT2D eigenvalue weighted by Gasteiger charge is 2.34. The Balaban J connectivity index is 1.39. The highest BCUT2D eigenvalue weighted by Crippen LogP contribution is 2.40. The monoisotopic (exact) mass is 556 g/mol. The van der Waals surface area contributed by atoms with Crippen LogP contribution in [0.2, 0.25) is 0 Å². The molecule has 35 heavy (non-hydrogen) atoms. The SMILES string of the molecule is CCCN(C)CCC(CC)C1NC(NC2N=C/C(=C3\CCCS3)S2)NC(SC2C=CC=C(Cl)C2)N1. The molecule has 0 bridgehead atoms. The van der Waals surface area contributed by atoms with Gasteiger partial charge in [-0.05, 0) is 70.0 Å². The van der Waals surface area contributed by atoms with Crippen molar-refractivity contribution in [1.29, 1.82) is 0 Å². The molecule has 10 heteroatoms. The van der Waals surface area contributed by atoms with Gasteiger partial charge in [-0.2, -0.15) is 0 Å². The van der Waals surface area contributed by atoms with E-state index in [0.717, 1.165) is 31.0 Å². The highest BCUT2D eigenvalue weighted by atomic mass is 35.5. The predicted molar refractivity (Wildman–Crippen MR) is 158 cm³/mol. The third-order valence-corrected chi connectivity index (χ3v) is 10.7. The van der Waals surface area contributed by atoms with Crippen molar-refractivity contribution < 1.29 is 0 Å². The Kier molecular flexibility index (Phi) is 11.4. The quantitative estimate of drug-likeness (QED) is 0.282. The van der Waals surface area contributed by atoms with Gasteiger partial charge in [-0.3, -0.25) is 26.3 Å². The minimum absolute atomic E-state index is 0.0185. The van der Waals surface area contributed by atoms with Crippen LogP contribution in [-0.2, 0) is 0 Å². The van der Waals surface area contributed by atoms with Gasteiger partial charge < -0.3 is 4.90 Å². The fourth-order valence-corrected chi connectivity index (χ4v) is 8.66. The molecular formula is C25H41ClN6S3. The molecule has 3 aliphatic heterocycles. The number of nitrogens with one attached hydrogen (secondary N) is 4. The highest BCUT2D eigenvalue weighted by molar-refractivity contribution is 8.08. The van der Waals surface area contributed by atoms with Crippen LogP contribution in [0.1, 0.15) is 52.4 Å². The maximum Gasteiger partial charge on any atom is 0.153 e. The normalized spacial score (nSPS) is 34.1. The van der Waals surface area contributed by atoms with Gasteiger partial charge in [0.05, 0.1) is 6.17 Å². The standard InChI is InChI=1S/C25H41ClN6S3/c1-4-12-32(3)13-11-17(5-2)22-28-23(30-24-27-16-21(35-24)20-10-7-14-33-20)31-25(29-22)34-19-9-6-8-18(26)15-19/h6,8-9,16-17,19,22-25,28-31H,4-5,7,10-15H2,1-3H3/b21-20-. The number of nitrogens with zero attached hydrogens (tertiary/aromatic N) is 2. The van der Waals surface area contributed by atoms with Gasteiger partial charge >= 0.3 is 0 Å². The van der Waals surface area contributed by atoms with Gasteiger partial charge in [0.25, 0.3) is 0 Å². The third-order valence-electron chi connectivity index (χ3n) is 6.76. The molecule has 0 saturated carbocycles. The Morgan fingerprint density at radius 1 is 1.29 bits per heavy atom. The van der Waals surface area contributed by atoms with E-state index in [4.69, 9.17) is 16.6 Å². The fourth-order valence-electron chi connectivity index (χ4n) is 4.82. The second kappa shape index (κ2) is 14.3. The second-order valence-electron chi connectivity index (χ2n) is 9.58. The summed E-state index contributed by atoms with van der Waals surface area (Å²) in [4.78, 5) is 10.1. The van der Waals surface area contributed by atoms with E-state index in [1.165, 1.54) is 41.2 Å². The molecule has 2 saturated heterocycles. The van der Waals surface area contributed by atoms with E-state index >= 15 is 0 Å². The van der Waals surface area contributed by atoms with Crippen molar-refractivity contribution >= 4 is 53.1 Å². The van der Waals surface area contributed by atoms with Crippen LogP contribution in [0.4, 0.5) is 0 Å². The summed E-state index contributed by atoms with van der Waals surface area (Å²) >= 11 is 12.1. The Hall–Kier alpha value is 0.0300. The summed E-state index contributed by atoms with van der Waals surface area (Å²) in [5.41, 5.74) is 0.160. The molecule has 0 aromatic heterocycles. The van der Waals surface area contributed by atoms with Crippen LogP contribution in [0.25, 0.3) is 0 Å². The molecule has 4 N–H and O–H groups in total. The molecule has 6 nitrogen and oxygen atoms in total. The smallest absolute Gasteiger partial charge is 0.153 e. The molecular weight excluding hydrogens is 516 g/mol. The first kappa shape index (κ1) is 28.0. The second-order valence-corrected chi connectivity index (χ2v) is 13.7. The van der Waals surface area contributed by atoms with Crippen molar-refractivity contribution in [3.8, 4) is 0 Å². The van der Waals surface area contributed by atoms with E-state index in [9.17, 15) is 0 Å². The molecule has 4 rings (SSSR count). The van der Waals surface area contributed by atoms with E-state index in [2.05, 4.69) is 65.4 Å². The molecule has 0 amide bonds. The van der Waals surface area contributed by atoms with E-state index in [1.807, 2.05) is 41.4 Å². The molecule has 6 unspecified atom stereocenters.